The Hall–Kier alpha value is -0.970. The van der Waals surface area contributed by atoms with Gasteiger partial charge >= 0.3 is 0 Å². The third-order valence-corrected chi connectivity index (χ3v) is 3.75. The Morgan fingerprint density at radius 2 is 2.11 bits per heavy atom. The summed E-state index contributed by atoms with van der Waals surface area (Å²) in [5.41, 5.74) is 0.516. The van der Waals surface area contributed by atoms with Crippen LogP contribution in [-0.2, 0) is 4.74 Å². The van der Waals surface area contributed by atoms with Crippen LogP contribution in [0.5, 0.6) is 0 Å². The molecule has 1 atom stereocenters. The lowest BCUT2D eigenvalue weighted by Gasteiger charge is -2.43. The molecule has 3 nitrogen and oxygen atoms in total. The zero-order valence-corrected chi connectivity index (χ0v) is 10.9. The molecule has 1 aliphatic heterocycles. The van der Waals surface area contributed by atoms with Gasteiger partial charge in [-0.05, 0) is 20.0 Å². The van der Waals surface area contributed by atoms with E-state index in [4.69, 9.17) is 4.74 Å². The topological polar surface area (TPSA) is 32.7 Å². The smallest absolute Gasteiger partial charge is 0.127 e. The minimum atomic E-state index is -0.181. The standard InChI is InChI=1S/C14H20FNO2/c1-11(12-5-3-4-6-13(12)15)16(2)7-14(8-17)9-18-10-14/h3-6,11,17H,7-10H2,1-2H3. The summed E-state index contributed by atoms with van der Waals surface area (Å²) in [4.78, 5) is 2.07. The van der Waals surface area contributed by atoms with E-state index in [1.165, 1.54) is 6.07 Å². The van der Waals surface area contributed by atoms with Crippen LogP contribution < -0.4 is 0 Å². The maximum atomic E-state index is 13.7. The summed E-state index contributed by atoms with van der Waals surface area (Å²) in [5, 5.41) is 9.41. The molecule has 1 heterocycles. The molecule has 0 amide bonds. The van der Waals surface area contributed by atoms with E-state index in [0.717, 1.165) is 0 Å². The quantitative estimate of drug-likeness (QED) is 0.869. The molecule has 1 unspecified atom stereocenters. The van der Waals surface area contributed by atoms with Crippen molar-refractivity contribution in [2.75, 3.05) is 33.4 Å². The highest BCUT2D eigenvalue weighted by atomic mass is 19.1. The van der Waals surface area contributed by atoms with E-state index in [-0.39, 0.29) is 23.9 Å². The zero-order chi connectivity index (χ0) is 13.2. The van der Waals surface area contributed by atoms with E-state index in [9.17, 15) is 9.50 Å². The van der Waals surface area contributed by atoms with E-state index >= 15 is 0 Å². The molecule has 100 valence electrons. The van der Waals surface area contributed by atoms with Gasteiger partial charge in [-0.2, -0.15) is 0 Å². The molecule has 4 heteroatoms. The molecule has 18 heavy (non-hydrogen) atoms. The summed E-state index contributed by atoms with van der Waals surface area (Å²) in [6, 6.07) is 6.81. The van der Waals surface area contributed by atoms with Crippen LogP contribution in [0.1, 0.15) is 18.5 Å². The normalized spacial score (nSPS) is 19.6. The monoisotopic (exact) mass is 253 g/mol. The summed E-state index contributed by atoms with van der Waals surface area (Å²) in [7, 11) is 1.95. The van der Waals surface area contributed by atoms with E-state index < -0.39 is 0 Å². The molecule has 0 bridgehead atoms. The molecular formula is C14H20FNO2. The van der Waals surface area contributed by atoms with Gasteiger partial charge in [-0.15, -0.1) is 0 Å². The second kappa shape index (κ2) is 5.34. The molecule has 1 N–H and O–H groups in total. The van der Waals surface area contributed by atoms with Gasteiger partial charge in [0.1, 0.15) is 5.82 Å². The van der Waals surface area contributed by atoms with Gasteiger partial charge in [0, 0.05) is 18.2 Å². The molecule has 1 aromatic carbocycles. The predicted octanol–water partition coefficient (Wildman–Crippen LogP) is 1.83. The number of hydrogen-bond donors (Lipinski definition) is 1. The largest absolute Gasteiger partial charge is 0.396 e. The predicted molar refractivity (Wildman–Crippen MR) is 67.8 cm³/mol. The number of benzene rings is 1. The first-order valence-corrected chi connectivity index (χ1v) is 6.21. The van der Waals surface area contributed by atoms with Gasteiger partial charge in [-0.1, -0.05) is 18.2 Å². The van der Waals surface area contributed by atoms with Crippen LogP contribution in [0.4, 0.5) is 4.39 Å². The highest BCUT2D eigenvalue weighted by molar-refractivity contribution is 5.20. The molecule has 0 aromatic heterocycles. The number of nitrogens with zero attached hydrogens (tertiary/aromatic N) is 1. The molecule has 0 saturated carbocycles. The van der Waals surface area contributed by atoms with Gasteiger partial charge < -0.3 is 9.84 Å². The van der Waals surface area contributed by atoms with E-state index in [1.807, 2.05) is 20.0 Å². The number of aliphatic hydroxyl groups excluding tert-OH is 1. The molecule has 1 saturated heterocycles. The van der Waals surface area contributed by atoms with Crippen molar-refractivity contribution in [3.05, 3.63) is 35.6 Å². The van der Waals surface area contributed by atoms with Gasteiger partial charge in [0.25, 0.3) is 0 Å². The number of halogens is 1. The summed E-state index contributed by atoms with van der Waals surface area (Å²) in [6.07, 6.45) is 0. The van der Waals surface area contributed by atoms with Crippen molar-refractivity contribution in [2.24, 2.45) is 5.41 Å². The lowest BCUT2D eigenvalue weighted by atomic mass is 9.86. The number of hydrogen-bond acceptors (Lipinski definition) is 3. The molecule has 0 radical (unpaired) electrons. The number of rotatable bonds is 5. The Labute approximate surface area is 107 Å². The minimum absolute atomic E-state index is 0.0183. The van der Waals surface area contributed by atoms with Gasteiger partial charge in [0.05, 0.1) is 25.2 Å². The molecule has 0 spiro atoms. The summed E-state index contributed by atoms with van der Waals surface area (Å²) >= 11 is 0. The minimum Gasteiger partial charge on any atom is -0.396 e. The van der Waals surface area contributed by atoms with Crippen LogP contribution in [0.3, 0.4) is 0 Å². The fourth-order valence-electron chi connectivity index (χ4n) is 2.34. The van der Waals surface area contributed by atoms with Crippen LogP contribution in [-0.4, -0.2) is 43.4 Å². The summed E-state index contributed by atoms with van der Waals surface area (Å²) < 4.78 is 18.9. The Morgan fingerprint density at radius 3 is 2.61 bits per heavy atom. The van der Waals surface area contributed by atoms with Crippen molar-refractivity contribution in [1.29, 1.82) is 0 Å². The molecular weight excluding hydrogens is 233 g/mol. The lowest BCUT2D eigenvalue weighted by molar-refractivity contribution is -0.149. The SMILES string of the molecule is CC(c1ccccc1F)N(C)CC1(CO)COC1. The van der Waals surface area contributed by atoms with Crippen LogP contribution in [0.15, 0.2) is 24.3 Å². The maximum absolute atomic E-state index is 13.7. The van der Waals surface area contributed by atoms with Gasteiger partial charge in [0.15, 0.2) is 0 Å². The van der Waals surface area contributed by atoms with Crippen LogP contribution >= 0.6 is 0 Å². The average Bonchev–Trinajstić information content (AvgIpc) is 2.33. The molecule has 0 aliphatic carbocycles. The number of ether oxygens (including phenoxy) is 1. The van der Waals surface area contributed by atoms with E-state index in [2.05, 4.69) is 4.90 Å². The third-order valence-electron chi connectivity index (χ3n) is 3.75. The Balaban J connectivity index is 2.05. The molecule has 1 aromatic rings. The number of aliphatic hydroxyl groups is 1. The summed E-state index contributed by atoms with van der Waals surface area (Å²) in [6.45, 7) is 3.96. The van der Waals surface area contributed by atoms with Crippen molar-refractivity contribution in [2.45, 2.75) is 13.0 Å². The highest BCUT2D eigenvalue weighted by Gasteiger charge is 2.39. The first kappa shape index (κ1) is 13.5. The van der Waals surface area contributed by atoms with Gasteiger partial charge in [-0.3, -0.25) is 4.90 Å². The van der Waals surface area contributed by atoms with Crippen LogP contribution in [0.25, 0.3) is 0 Å². The second-order valence-electron chi connectivity index (χ2n) is 5.26. The zero-order valence-electron chi connectivity index (χ0n) is 10.9. The maximum Gasteiger partial charge on any atom is 0.127 e. The Morgan fingerprint density at radius 1 is 1.44 bits per heavy atom. The van der Waals surface area contributed by atoms with Crippen LogP contribution in [0, 0.1) is 11.2 Å². The van der Waals surface area contributed by atoms with Crippen molar-refractivity contribution in [3.63, 3.8) is 0 Å². The fraction of sp³-hybridized carbons (Fsp3) is 0.571. The third kappa shape index (κ3) is 2.55. The van der Waals surface area contributed by atoms with Gasteiger partial charge in [0.2, 0.25) is 0 Å². The fourth-order valence-corrected chi connectivity index (χ4v) is 2.34. The second-order valence-corrected chi connectivity index (χ2v) is 5.26. The van der Waals surface area contributed by atoms with E-state index in [1.54, 1.807) is 12.1 Å². The lowest BCUT2D eigenvalue weighted by Crippen LogP contribution is -2.52. The van der Waals surface area contributed by atoms with Crippen molar-refractivity contribution >= 4 is 0 Å². The van der Waals surface area contributed by atoms with Gasteiger partial charge in [-0.25, -0.2) is 4.39 Å². The summed E-state index contributed by atoms with van der Waals surface area (Å²) in [5.74, 6) is -0.181. The van der Waals surface area contributed by atoms with Crippen molar-refractivity contribution < 1.29 is 14.2 Å². The first-order chi connectivity index (χ1) is 8.58. The molecule has 1 fully saturated rings. The van der Waals surface area contributed by atoms with Crippen LogP contribution in [0.2, 0.25) is 0 Å². The Kier molecular flexibility index (Phi) is 4.00. The van der Waals surface area contributed by atoms with E-state index in [0.29, 0.717) is 25.3 Å². The average molecular weight is 253 g/mol. The first-order valence-electron chi connectivity index (χ1n) is 6.21. The van der Waals surface area contributed by atoms with Crippen molar-refractivity contribution in [3.8, 4) is 0 Å². The van der Waals surface area contributed by atoms with Crippen molar-refractivity contribution in [1.82, 2.24) is 4.90 Å². The molecule has 1 aliphatic rings. The molecule has 2 rings (SSSR count). The highest BCUT2D eigenvalue weighted by Crippen LogP contribution is 2.31. The Bertz CT molecular complexity index is 401.